The lowest BCUT2D eigenvalue weighted by atomic mass is 9.81. The maximum Gasteiger partial charge on any atom is 0.410 e. The smallest absolute Gasteiger partial charge is 0.410 e. The maximum absolute atomic E-state index is 13.3. The Kier molecular flexibility index (Phi) is 5.79. The van der Waals surface area contributed by atoms with E-state index in [2.05, 4.69) is 30.3 Å². The van der Waals surface area contributed by atoms with Gasteiger partial charge in [-0.25, -0.2) is 4.79 Å². The minimum Gasteiger partial charge on any atom is -0.448 e. The molecular weight excluding hydrogens is 452 g/mol. The van der Waals surface area contributed by atoms with Gasteiger partial charge in [-0.2, -0.15) is 5.26 Å². The Labute approximate surface area is 210 Å². The van der Waals surface area contributed by atoms with Gasteiger partial charge in [0.1, 0.15) is 6.61 Å². The number of carbonyl (C=O) groups excluding carboxylic acids is 2. The zero-order valence-electron chi connectivity index (χ0n) is 19.8. The molecule has 3 aromatic carbocycles. The molecular formula is C30H26N2O4. The van der Waals surface area contributed by atoms with Crippen LogP contribution >= 0.6 is 0 Å². The van der Waals surface area contributed by atoms with Crippen LogP contribution in [0.1, 0.15) is 45.8 Å². The van der Waals surface area contributed by atoms with Crippen molar-refractivity contribution in [3.63, 3.8) is 0 Å². The van der Waals surface area contributed by atoms with E-state index in [1.807, 2.05) is 24.3 Å². The van der Waals surface area contributed by atoms with Crippen LogP contribution in [-0.2, 0) is 9.47 Å². The Morgan fingerprint density at radius 2 is 1.47 bits per heavy atom. The molecule has 2 unspecified atom stereocenters. The average molecular weight is 479 g/mol. The molecule has 2 saturated heterocycles. The number of benzene rings is 3. The van der Waals surface area contributed by atoms with Gasteiger partial charge in [0.05, 0.1) is 36.9 Å². The van der Waals surface area contributed by atoms with Crippen molar-refractivity contribution < 1.29 is 19.1 Å². The molecule has 6 nitrogen and oxygen atoms in total. The van der Waals surface area contributed by atoms with Crippen molar-refractivity contribution in [2.75, 3.05) is 19.8 Å². The molecule has 0 N–H and O–H groups in total. The molecule has 36 heavy (non-hydrogen) atoms. The molecule has 0 radical (unpaired) electrons. The maximum atomic E-state index is 13.3. The van der Waals surface area contributed by atoms with Gasteiger partial charge in [0, 0.05) is 17.4 Å². The molecule has 1 amide bonds. The molecule has 2 atom stereocenters. The van der Waals surface area contributed by atoms with Crippen molar-refractivity contribution >= 4 is 11.9 Å². The molecule has 1 aliphatic carbocycles. The van der Waals surface area contributed by atoms with Crippen molar-refractivity contribution in [2.45, 2.75) is 30.8 Å². The first-order valence-corrected chi connectivity index (χ1v) is 12.4. The molecule has 6 rings (SSSR count). The van der Waals surface area contributed by atoms with E-state index in [0.29, 0.717) is 37.2 Å². The fraction of sp³-hybridized carbons (Fsp3) is 0.300. The molecule has 0 saturated carbocycles. The van der Waals surface area contributed by atoms with Crippen molar-refractivity contribution in [3.05, 3.63) is 95.1 Å². The Bertz CT molecular complexity index is 1300. The van der Waals surface area contributed by atoms with Crippen LogP contribution in [0.4, 0.5) is 4.79 Å². The third-order valence-corrected chi connectivity index (χ3v) is 7.74. The SMILES string of the molecule is N#Cc1ccc(C(=O)C2CC3COCC(C2)N3C(=O)OCC2c3ccccc3-c3ccccc32)cc1. The van der Waals surface area contributed by atoms with Crippen LogP contribution in [0.25, 0.3) is 11.1 Å². The molecule has 2 heterocycles. The number of amides is 1. The number of Topliss-reactive ketones (excluding diaryl/α,β-unsaturated/α-hetero) is 1. The first-order chi connectivity index (χ1) is 17.6. The molecule has 0 spiro atoms. The number of nitrogens with zero attached hydrogens (tertiary/aromatic N) is 2. The Morgan fingerprint density at radius 1 is 0.889 bits per heavy atom. The standard InChI is InChI=1S/C30H26N2O4/c31-15-19-9-11-20(12-10-19)29(33)21-13-22-16-35-17-23(14-21)32(22)30(34)36-18-28-26-7-3-1-5-24(26)25-6-2-4-8-27(25)28/h1-12,21-23,28H,13-14,16-18H2. The summed E-state index contributed by atoms with van der Waals surface area (Å²) >= 11 is 0. The van der Waals surface area contributed by atoms with Crippen LogP contribution in [0, 0.1) is 17.2 Å². The van der Waals surface area contributed by atoms with E-state index >= 15 is 0 Å². The van der Waals surface area contributed by atoms with Gasteiger partial charge in [-0.3, -0.25) is 9.69 Å². The Balaban J connectivity index is 1.16. The summed E-state index contributed by atoms with van der Waals surface area (Å²) in [6.07, 6.45) is 0.749. The van der Waals surface area contributed by atoms with Gasteiger partial charge in [0.2, 0.25) is 0 Å². The zero-order chi connectivity index (χ0) is 24.6. The van der Waals surface area contributed by atoms with Crippen molar-refractivity contribution in [1.82, 2.24) is 4.90 Å². The number of hydrogen-bond donors (Lipinski definition) is 0. The summed E-state index contributed by atoms with van der Waals surface area (Å²) in [5.74, 6) is -0.119. The fourth-order valence-corrected chi connectivity index (χ4v) is 6.04. The summed E-state index contributed by atoms with van der Waals surface area (Å²) in [6, 6.07) is 25.0. The number of nitriles is 1. The van der Waals surface area contributed by atoms with Crippen LogP contribution in [0.15, 0.2) is 72.8 Å². The lowest BCUT2D eigenvalue weighted by molar-refractivity contribution is -0.0747. The molecule has 6 heteroatoms. The summed E-state index contributed by atoms with van der Waals surface area (Å²) in [4.78, 5) is 28.3. The Morgan fingerprint density at radius 3 is 2.06 bits per heavy atom. The van der Waals surface area contributed by atoms with Crippen LogP contribution in [-0.4, -0.2) is 48.7 Å². The number of piperidine rings is 1. The third kappa shape index (κ3) is 3.86. The van der Waals surface area contributed by atoms with E-state index in [9.17, 15) is 9.59 Å². The van der Waals surface area contributed by atoms with E-state index in [1.165, 1.54) is 22.3 Å². The van der Waals surface area contributed by atoms with Crippen molar-refractivity contribution in [3.8, 4) is 17.2 Å². The van der Waals surface area contributed by atoms with E-state index in [1.54, 1.807) is 29.2 Å². The predicted molar refractivity (Wildman–Crippen MR) is 134 cm³/mol. The van der Waals surface area contributed by atoms with Crippen LogP contribution in [0.3, 0.4) is 0 Å². The summed E-state index contributed by atoms with van der Waals surface area (Å²) in [5, 5.41) is 9.02. The summed E-state index contributed by atoms with van der Waals surface area (Å²) in [6.45, 7) is 1.08. The Hall–Kier alpha value is -3.95. The van der Waals surface area contributed by atoms with Crippen LogP contribution < -0.4 is 0 Å². The molecule has 0 aromatic heterocycles. The van der Waals surface area contributed by atoms with Gasteiger partial charge < -0.3 is 9.47 Å². The predicted octanol–water partition coefficient (Wildman–Crippen LogP) is 5.17. The van der Waals surface area contributed by atoms with Crippen LogP contribution in [0.5, 0.6) is 0 Å². The second-order valence-electron chi connectivity index (χ2n) is 9.78. The molecule has 3 aromatic rings. The van der Waals surface area contributed by atoms with Gasteiger partial charge in [-0.05, 0) is 47.2 Å². The van der Waals surface area contributed by atoms with Gasteiger partial charge in [0.25, 0.3) is 0 Å². The summed E-state index contributed by atoms with van der Waals surface area (Å²) < 4.78 is 11.7. The van der Waals surface area contributed by atoms with Gasteiger partial charge in [-0.1, -0.05) is 60.7 Å². The number of hydrogen-bond acceptors (Lipinski definition) is 5. The lowest BCUT2D eigenvalue weighted by Crippen LogP contribution is -2.60. The highest BCUT2D eigenvalue weighted by molar-refractivity contribution is 5.98. The quantitative estimate of drug-likeness (QED) is 0.484. The number of carbonyl (C=O) groups is 2. The number of ether oxygens (including phenoxy) is 2. The number of rotatable bonds is 4. The first-order valence-electron chi connectivity index (χ1n) is 12.4. The third-order valence-electron chi connectivity index (χ3n) is 7.74. The monoisotopic (exact) mass is 478 g/mol. The normalized spacial score (nSPS) is 22.3. The highest BCUT2D eigenvalue weighted by Crippen LogP contribution is 2.44. The average Bonchev–Trinajstić information content (AvgIpc) is 3.24. The van der Waals surface area contributed by atoms with Gasteiger partial charge >= 0.3 is 6.09 Å². The number of fused-ring (bicyclic) bond motifs is 5. The highest BCUT2D eigenvalue weighted by Gasteiger charge is 2.45. The molecule has 180 valence electrons. The molecule has 2 aliphatic heterocycles. The van der Waals surface area contributed by atoms with Crippen molar-refractivity contribution in [1.29, 1.82) is 5.26 Å². The summed E-state index contributed by atoms with van der Waals surface area (Å²) in [7, 11) is 0. The number of morpholine rings is 1. The lowest BCUT2D eigenvalue weighted by Gasteiger charge is -2.47. The summed E-state index contributed by atoms with van der Waals surface area (Å²) in [5.41, 5.74) is 5.89. The molecule has 3 aliphatic rings. The second-order valence-corrected chi connectivity index (χ2v) is 9.78. The fourth-order valence-electron chi connectivity index (χ4n) is 6.04. The van der Waals surface area contributed by atoms with E-state index in [-0.39, 0.29) is 42.4 Å². The van der Waals surface area contributed by atoms with Crippen molar-refractivity contribution in [2.24, 2.45) is 5.92 Å². The van der Waals surface area contributed by atoms with Crippen LogP contribution in [0.2, 0.25) is 0 Å². The second kappa shape index (κ2) is 9.25. The van der Waals surface area contributed by atoms with E-state index in [4.69, 9.17) is 14.7 Å². The highest BCUT2D eigenvalue weighted by atomic mass is 16.6. The van der Waals surface area contributed by atoms with Gasteiger partial charge in [0.15, 0.2) is 5.78 Å². The topological polar surface area (TPSA) is 79.6 Å². The molecule has 2 bridgehead atoms. The largest absolute Gasteiger partial charge is 0.448 e. The molecule has 2 fully saturated rings. The van der Waals surface area contributed by atoms with E-state index in [0.717, 1.165) is 0 Å². The van der Waals surface area contributed by atoms with Gasteiger partial charge in [-0.15, -0.1) is 0 Å². The minimum atomic E-state index is -0.334. The van der Waals surface area contributed by atoms with E-state index < -0.39 is 0 Å². The number of ketones is 1. The first kappa shape index (κ1) is 22.5. The zero-order valence-corrected chi connectivity index (χ0v) is 19.8. The minimum absolute atomic E-state index is 0.00735.